The van der Waals surface area contributed by atoms with Gasteiger partial charge in [-0.2, -0.15) is 4.98 Å². The van der Waals surface area contributed by atoms with Gasteiger partial charge in [0.25, 0.3) is 0 Å². The number of nitrogens with zero attached hydrogens (tertiary/aromatic N) is 2. The summed E-state index contributed by atoms with van der Waals surface area (Å²) in [6.45, 7) is 0. The van der Waals surface area contributed by atoms with Crippen LogP contribution in [0.25, 0.3) is 10.1 Å². The molecule has 0 spiro atoms. The first-order chi connectivity index (χ1) is 8.72. The fourth-order valence-electron chi connectivity index (χ4n) is 1.61. The van der Waals surface area contributed by atoms with Crippen LogP contribution < -0.4 is 5.32 Å². The lowest BCUT2D eigenvalue weighted by atomic mass is 10.2. The van der Waals surface area contributed by atoms with Gasteiger partial charge in [0.2, 0.25) is 5.28 Å². The number of aromatic nitrogens is 2. The zero-order valence-corrected chi connectivity index (χ0v) is 11.4. The van der Waals surface area contributed by atoms with Crippen molar-refractivity contribution in [3.8, 4) is 0 Å². The van der Waals surface area contributed by atoms with Crippen molar-refractivity contribution >= 4 is 56.1 Å². The van der Waals surface area contributed by atoms with Gasteiger partial charge in [-0.3, -0.25) is 0 Å². The van der Waals surface area contributed by atoms with E-state index in [1.165, 1.54) is 16.3 Å². The standard InChI is InChI=1S/C12H7Cl2N3S/c13-9-6-15-12(14)17-11(9)16-8-1-2-10-7(5-8)3-4-18-10/h1-6H,(H,15,16,17). The van der Waals surface area contributed by atoms with Crippen LogP contribution in [0.15, 0.2) is 35.8 Å². The van der Waals surface area contributed by atoms with Gasteiger partial charge in [-0.05, 0) is 46.6 Å². The maximum absolute atomic E-state index is 6.00. The molecule has 0 saturated carbocycles. The molecule has 6 heteroatoms. The Morgan fingerprint density at radius 3 is 2.94 bits per heavy atom. The summed E-state index contributed by atoms with van der Waals surface area (Å²) in [4.78, 5) is 7.86. The van der Waals surface area contributed by atoms with E-state index in [-0.39, 0.29) is 5.28 Å². The second kappa shape index (κ2) is 4.72. The lowest BCUT2D eigenvalue weighted by Crippen LogP contribution is -1.95. The van der Waals surface area contributed by atoms with E-state index in [1.807, 2.05) is 12.1 Å². The summed E-state index contributed by atoms with van der Waals surface area (Å²) in [6.07, 6.45) is 1.47. The molecule has 0 bridgehead atoms. The van der Waals surface area contributed by atoms with E-state index < -0.39 is 0 Å². The first kappa shape index (κ1) is 11.7. The first-order valence-corrected chi connectivity index (χ1v) is 6.78. The maximum atomic E-state index is 6.00. The van der Waals surface area contributed by atoms with Gasteiger partial charge in [-0.25, -0.2) is 4.98 Å². The minimum atomic E-state index is 0.165. The van der Waals surface area contributed by atoms with Crippen LogP contribution in [-0.2, 0) is 0 Å². The molecular formula is C12H7Cl2N3S. The third kappa shape index (κ3) is 2.27. The Kier molecular flexibility index (Phi) is 3.07. The molecule has 3 aromatic rings. The van der Waals surface area contributed by atoms with Crippen molar-refractivity contribution in [3.63, 3.8) is 0 Å². The molecule has 1 N–H and O–H groups in total. The van der Waals surface area contributed by atoms with Crippen LogP contribution in [0, 0.1) is 0 Å². The minimum Gasteiger partial charge on any atom is -0.339 e. The van der Waals surface area contributed by atoms with E-state index in [0.29, 0.717) is 10.8 Å². The highest BCUT2D eigenvalue weighted by Crippen LogP contribution is 2.28. The molecule has 0 atom stereocenters. The molecule has 0 fully saturated rings. The van der Waals surface area contributed by atoms with Crippen molar-refractivity contribution in [2.45, 2.75) is 0 Å². The van der Waals surface area contributed by atoms with Crippen molar-refractivity contribution in [1.29, 1.82) is 0 Å². The number of rotatable bonds is 2. The summed E-state index contributed by atoms with van der Waals surface area (Å²) in [5.41, 5.74) is 0.914. The highest BCUT2D eigenvalue weighted by atomic mass is 35.5. The van der Waals surface area contributed by atoms with Gasteiger partial charge in [0.05, 0.1) is 6.20 Å². The number of hydrogen-bond donors (Lipinski definition) is 1. The minimum absolute atomic E-state index is 0.165. The average Bonchev–Trinajstić information content (AvgIpc) is 2.81. The van der Waals surface area contributed by atoms with Gasteiger partial charge < -0.3 is 5.32 Å². The van der Waals surface area contributed by atoms with Crippen LogP contribution in [0.1, 0.15) is 0 Å². The Hall–Kier alpha value is -1.36. The molecule has 1 aromatic carbocycles. The van der Waals surface area contributed by atoms with Crippen LogP contribution in [0.5, 0.6) is 0 Å². The fourth-order valence-corrected chi connectivity index (χ4v) is 2.66. The number of hydrogen-bond acceptors (Lipinski definition) is 4. The van der Waals surface area contributed by atoms with E-state index in [1.54, 1.807) is 11.3 Å². The normalized spacial score (nSPS) is 10.8. The van der Waals surface area contributed by atoms with Crippen molar-refractivity contribution in [2.24, 2.45) is 0 Å². The fraction of sp³-hybridized carbons (Fsp3) is 0. The highest BCUT2D eigenvalue weighted by molar-refractivity contribution is 7.17. The van der Waals surface area contributed by atoms with Crippen molar-refractivity contribution in [2.75, 3.05) is 5.32 Å². The van der Waals surface area contributed by atoms with Crippen molar-refractivity contribution in [1.82, 2.24) is 9.97 Å². The summed E-state index contributed by atoms with van der Waals surface area (Å²) < 4.78 is 1.24. The Morgan fingerprint density at radius 2 is 2.06 bits per heavy atom. The third-order valence-corrected chi connectivity index (χ3v) is 3.79. The number of nitrogens with one attached hydrogen (secondary N) is 1. The van der Waals surface area contributed by atoms with E-state index in [2.05, 4.69) is 32.8 Å². The number of halogens is 2. The molecule has 0 saturated heterocycles. The number of benzene rings is 1. The third-order valence-electron chi connectivity index (χ3n) is 2.43. The number of anilines is 2. The smallest absolute Gasteiger partial charge is 0.224 e. The molecule has 90 valence electrons. The molecule has 3 nitrogen and oxygen atoms in total. The molecular weight excluding hydrogens is 289 g/mol. The van der Waals surface area contributed by atoms with Gasteiger partial charge in [-0.15, -0.1) is 11.3 Å². The Balaban J connectivity index is 1.97. The van der Waals surface area contributed by atoms with Crippen LogP contribution in [0.2, 0.25) is 10.3 Å². The van der Waals surface area contributed by atoms with Crippen molar-refractivity contribution in [3.05, 3.63) is 46.1 Å². The van der Waals surface area contributed by atoms with Crippen molar-refractivity contribution < 1.29 is 0 Å². The highest BCUT2D eigenvalue weighted by Gasteiger charge is 2.05. The predicted molar refractivity (Wildman–Crippen MR) is 77.2 cm³/mol. The van der Waals surface area contributed by atoms with E-state index >= 15 is 0 Å². The predicted octanol–water partition coefficient (Wildman–Crippen LogP) is 4.74. The largest absolute Gasteiger partial charge is 0.339 e. The summed E-state index contributed by atoms with van der Waals surface area (Å²) >= 11 is 13.4. The summed E-state index contributed by atoms with van der Waals surface area (Å²) in [7, 11) is 0. The Morgan fingerprint density at radius 1 is 1.17 bits per heavy atom. The summed E-state index contributed by atoms with van der Waals surface area (Å²) in [5, 5.41) is 6.97. The van der Waals surface area contributed by atoms with Gasteiger partial charge >= 0.3 is 0 Å². The maximum Gasteiger partial charge on any atom is 0.224 e. The number of fused-ring (bicyclic) bond motifs is 1. The monoisotopic (exact) mass is 295 g/mol. The topological polar surface area (TPSA) is 37.8 Å². The second-order valence-electron chi connectivity index (χ2n) is 3.63. The van der Waals surface area contributed by atoms with Gasteiger partial charge in [0, 0.05) is 10.4 Å². The molecule has 0 aliphatic rings. The molecule has 0 amide bonds. The van der Waals surface area contributed by atoms with E-state index in [9.17, 15) is 0 Å². The van der Waals surface area contributed by atoms with Gasteiger partial charge in [0.1, 0.15) is 5.02 Å². The van der Waals surface area contributed by atoms with Crippen LogP contribution >= 0.6 is 34.5 Å². The molecule has 0 aliphatic carbocycles. The zero-order chi connectivity index (χ0) is 12.5. The lowest BCUT2D eigenvalue weighted by Gasteiger charge is -2.07. The van der Waals surface area contributed by atoms with Crippen LogP contribution in [0.3, 0.4) is 0 Å². The molecule has 0 radical (unpaired) electrons. The SMILES string of the molecule is Clc1ncc(Cl)c(Nc2ccc3sccc3c2)n1. The lowest BCUT2D eigenvalue weighted by molar-refractivity contribution is 1.17. The second-order valence-corrected chi connectivity index (χ2v) is 5.33. The van der Waals surface area contributed by atoms with E-state index in [4.69, 9.17) is 23.2 Å². The van der Waals surface area contributed by atoms with E-state index in [0.717, 1.165) is 5.69 Å². The Labute approximate surface area is 117 Å². The summed E-state index contributed by atoms with van der Waals surface area (Å²) in [6, 6.07) is 8.14. The number of thiophene rings is 1. The molecule has 2 heterocycles. The van der Waals surface area contributed by atoms with Crippen LogP contribution in [0.4, 0.5) is 11.5 Å². The first-order valence-electron chi connectivity index (χ1n) is 5.15. The summed E-state index contributed by atoms with van der Waals surface area (Å²) in [5.74, 6) is 0.506. The quantitative estimate of drug-likeness (QED) is 0.694. The molecule has 0 unspecified atom stereocenters. The van der Waals surface area contributed by atoms with Gasteiger partial charge in [0.15, 0.2) is 5.82 Å². The average molecular weight is 296 g/mol. The molecule has 3 rings (SSSR count). The van der Waals surface area contributed by atoms with Crippen LogP contribution in [-0.4, -0.2) is 9.97 Å². The molecule has 2 aromatic heterocycles. The van der Waals surface area contributed by atoms with Gasteiger partial charge in [-0.1, -0.05) is 11.6 Å². The Bertz CT molecular complexity index is 711. The molecule has 18 heavy (non-hydrogen) atoms. The zero-order valence-electron chi connectivity index (χ0n) is 9.02. The molecule has 0 aliphatic heterocycles.